The summed E-state index contributed by atoms with van der Waals surface area (Å²) in [4.78, 5) is 31.6. The number of aliphatic imine (C=N–C) groups is 1. The van der Waals surface area contributed by atoms with Crippen molar-refractivity contribution in [3.63, 3.8) is 0 Å². The third-order valence-corrected chi connectivity index (χ3v) is 6.18. The van der Waals surface area contributed by atoms with Gasteiger partial charge in [0.15, 0.2) is 5.17 Å². The summed E-state index contributed by atoms with van der Waals surface area (Å²) in [6, 6.07) is 8.92. The van der Waals surface area contributed by atoms with E-state index in [0.29, 0.717) is 27.3 Å². The highest BCUT2D eigenvalue weighted by atomic mass is 35.5. The number of anilines is 1. The van der Waals surface area contributed by atoms with Crippen molar-refractivity contribution in [2.75, 3.05) is 12.0 Å². The van der Waals surface area contributed by atoms with Crippen LogP contribution in [0.15, 0.2) is 46.4 Å². The van der Waals surface area contributed by atoms with Gasteiger partial charge in [-0.25, -0.2) is 4.99 Å². The Bertz CT molecular complexity index is 938. The molecule has 1 aliphatic rings. The first-order chi connectivity index (χ1) is 12.9. The number of methoxy groups -OCH3 is 1. The maximum Gasteiger partial charge on any atom is 0.283 e. The van der Waals surface area contributed by atoms with E-state index >= 15 is 0 Å². The zero-order valence-corrected chi connectivity index (χ0v) is 17.3. The van der Waals surface area contributed by atoms with E-state index in [1.54, 1.807) is 31.2 Å². The van der Waals surface area contributed by atoms with E-state index < -0.39 is 0 Å². The molecule has 1 atom stereocenters. The molecule has 1 unspecified atom stereocenters. The molecule has 140 valence electrons. The number of thiophene rings is 1. The summed E-state index contributed by atoms with van der Waals surface area (Å²) >= 11 is 9.00. The van der Waals surface area contributed by atoms with Crippen molar-refractivity contribution in [1.82, 2.24) is 0 Å². The Morgan fingerprint density at radius 3 is 2.78 bits per heavy atom. The molecule has 2 aromatic rings. The summed E-state index contributed by atoms with van der Waals surface area (Å²) in [7, 11) is 1.53. The highest BCUT2D eigenvalue weighted by Gasteiger charge is 2.34. The molecule has 0 fully saturated rings. The number of nitrogens with zero attached hydrogens (tertiary/aromatic N) is 2. The Morgan fingerprint density at radius 2 is 2.19 bits per heavy atom. The number of hydrogen-bond donors (Lipinski definition) is 0. The van der Waals surface area contributed by atoms with Crippen LogP contribution in [0.3, 0.4) is 0 Å². The molecule has 5 nitrogen and oxygen atoms in total. The van der Waals surface area contributed by atoms with Gasteiger partial charge in [-0.1, -0.05) is 29.4 Å². The number of ketones is 1. The number of hydrogen-bond acceptors (Lipinski definition) is 6. The van der Waals surface area contributed by atoms with Crippen LogP contribution in [-0.4, -0.2) is 29.2 Å². The van der Waals surface area contributed by atoms with Crippen molar-refractivity contribution >= 4 is 63.3 Å². The highest BCUT2D eigenvalue weighted by molar-refractivity contribution is 8.15. The number of Topliss-reactive ketones (excluding diaryl/α,β-unsaturated/α-hetero) is 1. The van der Waals surface area contributed by atoms with Crippen LogP contribution in [0, 0.1) is 0 Å². The fraction of sp³-hybridized carbons (Fsp3) is 0.211. The Hall–Kier alpha value is -2.09. The molecule has 8 heteroatoms. The Balaban J connectivity index is 2.01. The van der Waals surface area contributed by atoms with Gasteiger partial charge in [0.2, 0.25) is 0 Å². The number of thioether (sulfide) groups is 1. The zero-order valence-electron chi connectivity index (χ0n) is 14.9. The van der Waals surface area contributed by atoms with E-state index in [0.717, 1.165) is 4.88 Å². The van der Waals surface area contributed by atoms with Crippen molar-refractivity contribution in [3.05, 3.63) is 51.3 Å². The van der Waals surface area contributed by atoms with Gasteiger partial charge in [-0.15, -0.1) is 11.3 Å². The van der Waals surface area contributed by atoms with Crippen molar-refractivity contribution < 1.29 is 14.3 Å². The van der Waals surface area contributed by atoms with Crippen molar-refractivity contribution in [3.8, 4) is 5.75 Å². The molecule has 2 heterocycles. The topological polar surface area (TPSA) is 59.0 Å². The van der Waals surface area contributed by atoms with Gasteiger partial charge < -0.3 is 4.74 Å². The summed E-state index contributed by atoms with van der Waals surface area (Å²) in [5, 5.41) is 2.45. The predicted octanol–water partition coefficient (Wildman–Crippen LogP) is 4.86. The van der Waals surface area contributed by atoms with E-state index in [1.165, 1.54) is 42.0 Å². The number of carbonyl (C=O) groups is 2. The zero-order chi connectivity index (χ0) is 19.6. The van der Waals surface area contributed by atoms with E-state index in [4.69, 9.17) is 16.3 Å². The smallest absolute Gasteiger partial charge is 0.283 e. The molecule has 0 aliphatic carbocycles. The van der Waals surface area contributed by atoms with Gasteiger partial charge in [-0.2, -0.15) is 0 Å². The van der Waals surface area contributed by atoms with E-state index in [1.807, 2.05) is 17.5 Å². The van der Waals surface area contributed by atoms with Crippen molar-refractivity contribution in [2.45, 2.75) is 19.1 Å². The van der Waals surface area contributed by atoms with Gasteiger partial charge in [0.05, 0.1) is 23.1 Å². The standard InChI is InChI=1S/C19H17ClN2O3S2/c1-11(23)12(2)27-19-21-16(10-14-5-4-8-26-14)18(24)22(19)13-6-7-17(25-3)15(20)9-13/h4-10,12H,1-3H3/b16-10-. The highest BCUT2D eigenvalue weighted by Crippen LogP contribution is 2.35. The van der Waals surface area contributed by atoms with Gasteiger partial charge in [-0.05, 0) is 49.6 Å². The average Bonchev–Trinajstić information content (AvgIpc) is 3.24. The van der Waals surface area contributed by atoms with Crippen LogP contribution in [0.2, 0.25) is 5.02 Å². The summed E-state index contributed by atoms with van der Waals surface area (Å²) in [6.07, 6.45) is 1.75. The molecule has 1 aromatic carbocycles. The molecular weight excluding hydrogens is 404 g/mol. The van der Waals surface area contributed by atoms with Crippen LogP contribution < -0.4 is 9.64 Å². The molecular formula is C19H17ClN2O3S2. The lowest BCUT2D eigenvalue weighted by Gasteiger charge is -2.20. The molecule has 0 spiro atoms. The third kappa shape index (κ3) is 4.26. The second kappa shape index (κ2) is 8.29. The molecule has 0 radical (unpaired) electrons. The maximum absolute atomic E-state index is 13.0. The minimum absolute atomic E-state index is 0.0125. The fourth-order valence-electron chi connectivity index (χ4n) is 2.35. The molecule has 0 saturated heterocycles. The van der Waals surface area contributed by atoms with Gasteiger partial charge in [0.25, 0.3) is 5.91 Å². The van der Waals surface area contributed by atoms with Crippen LogP contribution in [0.1, 0.15) is 18.7 Å². The molecule has 0 saturated carbocycles. The van der Waals surface area contributed by atoms with Gasteiger partial charge >= 0.3 is 0 Å². The Morgan fingerprint density at radius 1 is 1.41 bits per heavy atom. The Labute approximate surface area is 170 Å². The molecule has 1 amide bonds. The Kier molecular flexibility index (Phi) is 6.04. The van der Waals surface area contributed by atoms with E-state index in [2.05, 4.69) is 4.99 Å². The van der Waals surface area contributed by atoms with Crippen molar-refractivity contribution in [2.24, 2.45) is 4.99 Å². The number of carbonyl (C=O) groups excluding carboxylic acids is 2. The number of rotatable bonds is 5. The molecule has 1 aliphatic heterocycles. The number of halogens is 1. The number of ether oxygens (including phenoxy) is 1. The number of amides is 1. The first-order valence-electron chi connectivity index (χ1n) is 8.09. The third-order valence-electron chi connectivity index (χ3n) is 3.90. The average molecular weight is 421 g/mol. The second-order valence-electron chi connectivity index (χ2n) is 5.77. The molecule has 1 aromatic heterocycles. The van der Waals surface area contributed by atoms with Gasteiger partial charge in [0, 0.05) is 4.88 Å². The summed E-state index contributed by atoms with van der Waals surface area (Å²) in [6.45, 7) is 3.31. The lowest BCUT2D eigenvalue weighted by molar-refractivity contribution is -0.116. The summed E-state index contributed by atoms with van der Waals surface area (Å²) in [5.74, 6) is 0.270. The quantitative estimate of drug-likeness (QED) is 0.648. The second-order valence-corrected chi connectivity index (χ2v) is 8.46. The van der Waals surface area contributed by atoms with Gasteiger partial charge in [0.1, 0.15) is 17.2 Å². The SMILES string of the molecule is COc1ccc(N2C(=O)/C(=C/c3cccs3)N=C2SC(C)C(C)=O)cc1Cl. The summed E-state index contributed by atoms with van der Waals surface area (Å²) < 4.78 is 5.18. The van der Waals surface area contributed by atoms with Crippen LogP contribution in [0.4, 0.5) is 5.69 Å². The molecule has 0 N–H and O–H groups in total. The summed E-state index contributed by atoms with van der Waals surface area (Å²) in [5.41, 5.74) is 0.894. The van der Waals surface area contributed by atoms with Crippen LogP contribution in [0.25, 0.3) is 6.08 Å². The monoisotopic (exact) mass is 420 g/mol. The normalized spacial score (nSPS) is 16.6. The largest absolute Gasteiger partial charge is 0.495 e. The van der Waals surface area contributed by atoms with Gasteiger partial charge in [-0.3, -0.25) is 14.5 Å². The van der Waals surface area contributed by atoms with E-state index in [-0.39, 0.29) is 16.9 Å². The first-order valence-corrected chi connectivity index (χ1v) is 10.2. The first kappa shape index (κ1) is 19.7. The van der Waals surface area contributed by atoms with Crippen molar-refractivity contribution in [1.29, 1.82) is 0 Å². The minimum Gasteiger partial charge on any atom is -0.495 e. The molecule has 0 bridgehead atoms. The maximum atomic E-state index is 13.0. The van der Waals surface area contributed by atoms with E-state index in [9.17, 15) is 9.59 Å². The lowest BCUT2D eigenvalue weighted by Crippen LogP contribution is -2.31. The minimum atomic E-state index is -0.325. The predicted molar refractivity (Wildman–Crippen MR) is 113 cm³/mol. The van der Waals surface area contributed by atoms with Crippen LogP contribution in [-0.2, 0) is 9.59 Å². The lowest BCUT2D eigenvalue weighted by atomic mass is 10.2. The molecule has 27 heavy (non-hydrogen) atoms. The fourth-order valence-corrected chi connectivity index (χ4v) is 4.18. The molecule has 3 rings (SSSR count). The van der Waals surface area contributed by atoms with Crippen LogP contribution in [0.5, 0.6) is 5.75 Å². The number of amidine groups is 1. The number of benzene rings is 1. The van der Waals surface area contributed by atoms with Crippen LogP contribution >= 0.6 is 34.7 Å².